The highest BCUT2D eigenvalue weighted by Crippen LogP contribution is 2.22. The third kappa shape index (κ3) is 2.07. The van der Waals surface area contributed by atoms with E-state index in [-0.39, 0.29) is 5.82 Å². The topological polar surface area (TPSA) is 24.4 Å². The molecule has 0 aliphatic carbocycles. The molecule has 0 radical (unpaired) electrons. The van der Waals surface area contributed by atoms with E-state index in [2.05, 4.69) is 17.2 Å². The summed E-state index contributed by atoms with van der Waals surface area (Å²) < 4.78 is 13.2. The SMILES string of the molecule is C[C@H]1CN=C(Nc2ccccc2F)S1. The van der Waals surface area contributed by atoms with Gasteiger partial charge in [0.2, 0.25) is 0 Å². The number of anilines is 1. The molecule has 1 aromatic carbocycles. The lowest BCUT2D eigenvalue weighted by atomic mass is 10.3. The third-order valence-corrected chi connectivity index (χ3v) is 2.93. The molecule has 1 aromatic rings. The van der Waals surface area contributed by atoms with Gasteiger partial charge in [-0.2, -0.15) is 0 Å². The molecule has 1 N–H and O–H groups in total. The van der Waals surface area contributed by atoms with Crippen LogP contribution in [0.5, 0.6) is 0 Å². The van der Waals surface area contributed by atoms with E-state index in [1.165, 1.54) is 6.07 Å². The second-order valence-corrected chi connectivity index (χ2v) is 4.61. The van der Waals surface area contributed by atoms with Crippen LogP contribution in [0.2, 0.25) is 0 Å². The second-order valence-electron chi connectivity index (χ2n) is 3.18. The summed E-state index contributed by atoms with van der Waals surface area (Å²) in [4.78, 5) is 4.25. The van der Waals surface area contributed by atoms with Gasteiger partial charge >= 0.3 is 0 Å². The molecule has 2 nitrogen and oxygen atoms in total. The van der Waals surface area contributed by atoms with Crippen molar-refractivity contribution < 1.29 is 4.39 Å². The van der Waals surface area contributed by atoms with Crippen LogP contribution in [0.3, 0.4) is 0 Å². The number of nitrogens with zero attached hydrogens (tertiary/aromatic N) is 1. The molecule has 1 aliphatic heterocycles. The van der Waals surface area contributed by atoms with Crippen molar-refractivity contribution in [3.8, 4) is 0 Å². The minimum Gasteiger partial charge on any atom is -0.333 e. The zero-order valence-corrected chi connectivity index (χ0v) is 8.64. The molecule has 0 amide bonds. The molecule has 0 aromatic heterocycles. The molecule has 0 spiro atoms. The molecular formula is C10H11FN2S. The molecule has 2 rings (SSSR count). The van der Waals surface area contributed by atoms with Crippen molar-refractivity contribution in [2.24, 2.45) is 4.99 Å². The van der Waals surface area contributed by atoms with Gasteiger partial charge in [-0.15, -0.1) is 0 Å². The van der Waals surface area contributed by atoms with Gasteiger partial charge in [-0.3, -0.25) is 4.99 Å². The fourth-order valence-corrected chi connectivity index (χ4v) is 2.07. The summed E-state index contributed by atoms with van der Waals surface area (Å²) >= 11 is 1.64. The first-order chi connectivity index (χ1) is 6.75. The van der Waals surface area contributed by atoms with Crippen LogP contribution in [-0.4, -0.2) is 17.0 Å². The van der Waals surface area contributed by atoms with E-state index in [9.17, 15) is 4.39 Å². The maximum atomic E-state index is 13.2. The molecule has 1 atom stereocenters. The van der Waals surface area contributed by atoms with Gasteiger partial charge < -0.3 is 5.32 Å². The van der Waals surface area contributed by atoms with Crippen LogP contribution < -0.4 is 5.32 Å². The van der Waals surface area contributed by atoms with E-state index in [4.69, 9.17) is 0 Å². The first-order valence-electron chi connectivity index (χ1n) is 4.48. The fraction of sp³-hybridized carbons (Fsp3) is 0.300. The normalized spacial score (nSPS) is 20.7. The Labute approximate surface area is 86.6 Å². The van der Waals surface area contributed by atoms with Crippen LogP contribution in [0.1, 0.15) is 6.92 Å². The van der Waals surface area contributed by atoms with Gasteiger partial charge in [0, 0.05) is 5.25 Å². The predicted molar refractivity (Wildman–Crippen MR) is 59.4 cm³/mol. The molecule has 74 valence electrons. The van der Waals surface area contributed by atoms with Crippen molar-refractivity contribution >= 4 is 22.6 Å². The van der Waals surface area contributed by atoms with Crippen molar-refractivity contribution in [3.05, 3.63) is 30.1 Å². The van der Waals surface area contributed by atoms with E-state index < -0.39 is 0 Å². The predicted octanol–water partition coefficient (Wildman–Crippen LogP) is 2.73. The highest BCUT2D eigenvalue weighted by Gasteiger charge is 2.15. The van der Waals surface area contributed by atoms with Crippen LogP contribution in [-0.2, 0) is 0 Å². The molecule has 1 heterocycles. The van der Waals surface area contributed by atoms with Crippen molar-refractivity contribution in [2.75, 3.05) is 11.9 Å². The Morgan fingerprint density at radius 1 is 1.50 bits per heavy atom. The summed E-state index contributed by atoms with van der Waals surface area (Å²) in [6.45, 7) is 2.91. The third-order valence-electron chi connectivity index (χ3n) is 1.92. The molecular weight excluding hydrogens is 199 g/mol. The molecule has 14 heavy (non-hydrogen) atoms. The number of benzene rings is 1. The van der Waals surface area contributed by atoms with E-state index in [0.29, 0.717) is 10.9 Å². The Balaban J connectivity index is 2.08. The van der Waals surface area contributed by atoms with E-state index in [1.54, 1.807) is 30.0 Å². The maximum absolute atomic E-state index is 13.2. The largest absolute Gasteiger partial charge is 0.333 e. The van der Waals surface area contributed by atoms with Gasteiger partial charge in [0.15, 0.2) is 5.17 Å². The highest BCUT2D eigenvalue weighted by atomic mass is 32.2. The van der Waals surface area contributed by atoms with Crippen molar-refractivity contribution in [1.82, 2.24) is 0 Å². The molecule has 0 saturated heterocycles. The number of thioether (sulfide) groups is 1. The van der Waals surface area contributed by atoms with Gasteiger partial charge in [-0.25, -0.2) is 4.39 Å². The Hall–Kier alpha value is -1.03. The maximum Gasteiger partial charge on any atom is 0.161 e. The second kappa shape index (κ2) is 4.00. The minimum absolute atomic E-state index is 0.240. The van der Waals surface area contributed by atoms with Crippen LogP contribution in [0.4, 0.5) is 10.1 Å². The molecule has 1 aliphatic rings. The number of hydrogen-bond acceptors (Lipinski definition) is 3. The van der Waals surface area contributed by atoms with E-state index in [1.807, 2.05) is 0 Å². The number of rotatable bonds is 1. The first kappa shape index (κ1) is 9.52. The number of amidine groups is 1. The standard InChI is InChI=1S/C10H11FN2S/c1-7-6-12-10(14-7)13-9-5-3-2-4-8(9)11/h2-5,7H,6H2,1H3,(H,12,13)/t7-/m0/s1. The fourth-order valence-electron chi connectivity index (χ4n) is 1.22. The smallest absolute Gasteiger partial charge is 0.161 e. The molecule has 0 bridgehead atoms. The summed E-state index contributed by atoms with van der Waals surface area (Å²) in [5.74, 6) is -0.240. The number of aliphatic imine (C=N–C) groups is 1. The first-order valence-corrected chi connectivity index (χ1v) is 5.36. The summed E-state index contributed by atoms with van der Waals surface area (Å²) in [5.41, 5.74) is 0.493. The number of hydrogen-bond donors (Lipinski definition) is 1. The Morgan fingerprint density at radius 2 is 2.29 bits per heavy atom. The lowest BCUT2D eigenvalue weighted by Crippen LogP contribution is -2.07. The summed E-state index contributed by atoms with van der Waals surface area (Å²) in [7, 11) is 0. The monoisotopic (exact) mass is 210 g/mol. The number of para-hydroxylation sites is 1. The average molecular weight is 210 g/mol. The molecule has 0 fully saturated rings. The van der Waals surface area contributed by atoms with Crippen molar-refractivity contribution in [1.29, 1.82) is 0 Å². The minimum atomic E-state index is -0.240. The van der Waals surface area contributed by atoms with E-state index in [0.717, 1.165) is 11.7 Å². The van der Waals surface area contributed by atoms with Gasteiger partial charge in [0.25, 0.3) is 0 Å². The lowest BCUT2D eigenvalue weighted by Gasteiger charge is -2.06. The molecule has 0 unspecified atom stereocenters. The van der Waals surface area contributed by atoms with E-state index >= 15 is 0 Å². The summed E-state index contributed by atoms with van der Waals surface area (Å²) in [5, 5.41) is 4.28. The Bertz CT molecular complexity index is 365. The van der Waals surface area contributed by atoms with Gasteiger partial charge in [0.05, 0.1) is 12.2 Å². The Morgan fingerprint density at radius 3 is 2.93 bits per heavy atom. The van der Waals surface area contributed by atoms with Gasteiger partial charge in [-0.05, 0) is 12.1 Å². The number of halogens is 1. The van der Waals surface area contributed by atoms with Crippen molar-refractivity contribution in [2.45, 2.75) is 12.2 Å². The van der Waals surface area contributed by atoms with Crippen LogP contribution in [0.25, 0.3) is 0 Å². The van der Waals surface area contributed by atoms with Crippen LogP contribution >= 0.6 is 11.8 Å². The number of nitrogens with one attached hydrogen (secondary N) is 1. The summed E-state index contributed by atoms with van der Waals surface area (Å²) in [6.07, 6.45) is 0. The molecule has 4 heteroatoms. The Kier molecular flexibility index (Phi) is 2.72. The zero-order chi connectivity index (χ0) is 9.97. The van der Waals surface area contributed by atoms with Crippen LogP contribution in [0.15, 0.2) is 29.3 Å². The quantitative estimate of drug-likeness (QED) is 0.770. The summed E-state index contributed by atoms with van der Waals surface area (Å²) in [6, 6.07) is 6.62. The van der Waals surface area contributed by atoms with Gasteiger partial charge in [-0.1, -0.05) is 30.8 Å². The average Bonchev–Trinajstić information content (AvgIpc) is 2.56. The molecule has 0 saturated carbocycles. The zero-order valence-electron chi connectivity index (χ0n) is 7.83. The van der Waals surface area contributed by atoms with Crippen LogP contribution in [0, 0.1) is 5.82 Å². The van der Waals surface area contributed by atoms with Crippen molar-refractivity contribution in [3.63, 3.8) is 0 Å². The lowest BCUT2D eigenvalue weighted by molar-refractivity contribution is 0.632. The highest BCUT2D eigenvalue weighted by molar-refractivity contribution is 8.15. The van der Waals surface area contributed by atoms with Gasteiger partial charge in [0.1, 0.15) is 5.82 Å².